The zero-order valence-electron chi connectivity index (χ0n) is 10.9. The number of hydrogen-bond acceptors (Lipinski definition) is 7. The zero-order valence-corrected chi connectivity index (χ0v) is 10.9. The molecule has 2 heterocycles. The Morgan fingerprint density at radius 3 is 2.74 bits per heavy atom. The minimum atomic E-state index is 0.447. The van der Waals surface area contributed by atoms with Gasteiger partial charge < -0.3 is 10.6 Å². The van der Waals surface area contributed by atoms with E-state index in [0.717, 1.165) is 18.4 Å². The Bertz CT molecular complexity index is 552. The number of hydrogen-bond donors (Lipinski definition) is 2. The number of nitrogens with one attached hydrogen (secondary N) is 2. The van der Waals surface area contributed by atoms with E-state index >= 15 is 0 Å². The van der Waals surface area contributed by atoms with Crippen LogP contribution in [0.25, 0.3) is 5.95 Å². The van der Waals surface area contributed by atoms with Crippen LogP contribution >= 0.6 is 0 Å². The van der Waals surface area contributed by atoms with Gasteiger partial charge in [0, 0.05) is 13.6 Å². The van der Waals surface area contributed by atoms with E-state index in [4.69, 9.17) is 0 Å². The summed E-state index contributed by atoms with van der Waals surface area (Å²) in [4.78, 5) is 16.7. The van der Waals surface area contributed by atoms with Crippen molar-refractivity contribution in [3.8, 4) is 5.95 Å². The lowest BCUT2D eigenvalue weighted by Gasteiger charge is -2.07. The first-order chi connectivity index (χ1) is 9.26. The highest BCUT2D eigenvalue weighted by Crippen LogP contribution is 2.37. The maximum absolute atomic E-state index is 4.34. The van der Waals surface area contributed by atoms with Crippen molar-refractivity contribution in [1.82, 2.24) is 29.7 Å². The minimum absolute atomic E-state index is 0.447. The number of aromatic nitrogens is 6. The van der Waals surface area contributed by atoms with Gasteiger partial charge in [-0.3, -0.25) is 0 Å². The van der Waals surface area contributed by atoms with Crippen LogP contribution < -0.4 is 10.6 Å². The maximum atomic E-state index is 4.34. The van der Waals surface area contributed by atoms with Crippen molar-refractivity contribution in [2.45, 2.75) is 13.3 Å². The van der Waals surface area contributed by atoms with Crippen LogP contribution in [0.3, 0.4) is 0 Å². The molecule has 2 aromatic heterocycles. The number of anilines is 2. The lowest BCUT2D eigenvalue weighted by atomic mass is 10.3. The molecule has 1 saturated carbocycles. The third-order valence-electron chi connectivity index (χ3n) is 3.27. The average Bonchev–Trinajstić information content (AvgIpc) is 2.93. The van der Waals surface area contributed by atoms with Crippen LogP contribution in [0, 0.1) is 11.8 Å². The molecule has 2 atom stereocenters. The fourth-order valence-electron chi connectivity index (χ4n) is 1.88. The molecule has 0 aromatic carbocycles. The first-order valence-electron chi connectivity index (χ1n) is 6.29. The summed E-state index contributed by atoms with van der Waals surface area (Å²) in [6.45, 7) is 3.14. The second-order valence-corrected chi connectivity index (χ2v) is 4.73. The van der Waals surface area contributed by atoms with Gasteiger partial charge in [0.1, 0.15) is 12.7 Å². The van der Waals surface area contributed by atoms with Crippen LogP contribution in [0.2, 0.25) is 0 Å². The Kier molecular flexibility index (Phi) is 2.98. The van der Waals surface area contributed by atoms with Gasteiger partial charge in [0.25, 0.3) is 5.95 Å². The lowest BCUT2D eigenvalue weighted by molar-refractivity contribution is 0.766. The first kappa shape index (κ1) is 11.8. The summed E-state index contributed by atoms with van der Waals surface area (Å²) in [6.07, 6.45) is 4.27. The van der Waals surface area contributed by atoms with Crippen LogP contribution in [0.5, 0.6) is 0 Å². The summed E-state index contributed by atoms with van der Waals surface area (Å²) in [5, 5.41) is 10.2. The van der Waals surface area contributed by atoms with Crippen LogP contribution in [0.15, 0.2) is 12.7 Å². The number of rotatable bonds is 5. The molecule has 0 amide bonds. The van der Waals surface area contributed by atoms with Crippen molar-refractivity contribution >= 4 is 11.9 Å². The van der Waals surface area contributed by atoms with Crippen molar-refractivity contribution in [2.24, 2.45) is 11.8 Å². The second kappa shape index (κ2) is 4.79. The standard InChI is InChI=1S/C11H16N8/c1-7-3-8(7)4-14-10-16-9(12-2)17-11(18-10)19-6-13-5-15-19/h5-8H,3-4H2,1-2H3,(H2,12,14,16,17,18). The fraction of sp³-hybridized carbons (Fsp3) is 0.545. The van der Waals surface area contributed by atoms with Crippen molar-refractivity contribution < 1.29 is 0 Å². The van der Waals surface area contributed by atoms with Crippen LogP contribution in [0.4, 0.5) is 11.9 Å². The van der Waals surface area contributed by atoms with Gasteiger partial charge in [-0.1, -0.05) is 6.92 Å². The first-order valence-corrected chi connectivity index (χ1v) is 6.29. The van der Waals surface area contributed by atoms with Crippen LogP contribution in [0.1, 0.15) is 13.3 Å². The molecule has 2 aromatic rings. The van der Waals surface area contributed by atoms with Crippen molar-refractivity contribution in [2.75, 3.05) is 24.2 Å². The molecule has 2 unspecified atom stereocenters. The summed E-state index contributed by atoms with van der Waals surface area (Å²) in [7, 11) is 1.77. The molecule has 0 spiro atoms. The molecule has 0 saturated heterocycles. The van der Waals surface area contributed by atoms with E-state index in [-0.39, 0.29) is 0 Å². The van der Waals surface area contributed by atoms with E-state index in [9.17, 15) is 0 Å². The van der Waals surface area contributed by atoms with Gasteiger partial charge in [0.05, 0.1) is 0 Å². The fourth-order valence-corrected chi connectivity index (χ4v) is 1.88. The van der Waals surface area contributed by atoms with Gasteiger partial charge in [-0.2, -0.15) is 24.7 Å². The number of nitrogens with zero attached hydrogens (tertiary/aromatic N) is 6. The van der Waals surface area contributed by atoms with Gasteiger partial charge in [-0.05, 0) is 18.3 Å². The highest BCUT2D eigenvalue weighted by atomic mass is 15.4. The highest BCUT2D eigenvalue weighted by molar-refractivity contribution is 5.37. The molecule has 8 nitrogen and oxygen atoms in total. The Hall–Kier alpha value is -2.25. The molecule has 1 aliphatic carbocycles. The maximum Gasteiger partial charge on any atom is 0.258 e. The third-order valence-corrected chi connectivity index (χ3v) is 3.27. The average molecular weight is 260 g/mol. The van der Waals surface area contributed by atoms with Crippen LogP contribution in [-0.2, 0) is 0 Å². The van der Waals surface area contributed by atoms with Gasteiger partial charge in [0.15, 0.2) is 0 Å². The Labute approximate surface area is 110 Å². The predicted octanol–water partition coefficient (Wildman–Crippen LogP) is 0.562. The molecule has 0 bridgehead atoms. The molecule has 100 valence electrons. The Morgan fingerprint density at radius 2 is 2.11 bits per heavy atom. The van der Waals surface area contributed by atoms with Gasteiger partial charge in [-0.25, -0.2) is 4.98 Å². The molecular formula is C11H16N8. The van der Waals surface area contributed by atoms with Gasteiger partial charge >= 0.3 is 0 Å². The van der Waals surface area contributed by atoms with E-state index in [2.05, 4.69) is 42.6 Å². The molecule has 1 aliphatic rings. The largest absolute Gasteiger partial charge is 0.357 e. The normalized spacial score (nSPS) is 21.2. The topological polar surface area (TPSA) is 93.4 Å². The van der Waals surface area contributed by atoms with Crippen LogP contribution in [-0.4, -0.2) is 43.3 Å². The second-order valence-electron chi connectivity index (χ2n) is 4.73. The predicted molar refractivity (Wildman–Crippen MR) is 70.1 cm³/mol. The highest BCUT2D eigenvalue weighted by Gasteiger charge is 2.32. The smallest absolute Gasteiger partial charge is 0.258 e. The Morgan fingerprint density at radius 1 is 1.32 bits per heavy atom. The summed E-state index contributed by atoms with van der Waals surface area (Å²) in [5.41, 5.74) is 0. The zero-order chi connectivity index (χ0) is 13.2. The summed E-state index contributed by atoms with van der Waals surface area (Å²) in [6, 6.07) is 0. The van der Waals surface area contributed by atoms with Crippen molar-refractivity contribution in [3.63, 3.8) is 0 Å². The lowest BCUT2D eigenvalue weighted by Crippen LogP contribution is -2.13. The summed E-state index contributed by atoms with van der Waals surface area (Å²) in [5.74, 6) is 3.04. The summed E-state index contributed by atoms with van der Waals surface area (Å²) >= 11 is 0. The Balaban J connectivity index is 1.80. The molecule has 0 radical (unpaired) electrons. The molecule has 2 N–H and O–H groups in total. The van der Waals surface area contributed by atoms with Crippen molar-refractivity contribution in [1.29, 1.82) is 0 Å². The quantitative estimate of drug-likeness (QED) is 0.811. The third kappa shape index (κ3) is 2.61. The molecule has 19 heavy (non-hydrogen) atoms. The SMILES string of the molecule is CNc1nc(NCC2CC2C)nc(-n2cncn2)n1. The minimum Gasteiger partial charge on any atom is -0.357 e. The van der Waals surface area contributed by atoms with E-state index in [1.807, 2.05) is 0 Å². The van der Waals surface area contributed by atoms with Gasteiger partial charge in [0.2, 0.25) is 11.9 Å². The molecular weight excluding hydrogens is 244 g/mol. The van der Waals surface area contributed by atoms with Crippen molar-refractivity contribution in [3.05, 3.63) is 12.7 Å². The molecule has 0 aliphatic heterocycles. The molecule has 3 rings (SSSR count). The monoisotopic (exact) mass is 260 g/mol. The van der Waals surface area contributed by atoms with E-state index < -0.39 is 0 Å². The molecule has 1 fully saturated rings. The van der Waals surface area contributed by atoms with E-state index in [1.54, 1.807) is 13.4 Å². The summed E-state index contributed by atoms with van der Waals surface area (Å²) < 4.78 is 1.51. The van der Waals surface area contributed by atoms with E-state index in [0.29, 0.717) is 17.8 Å². The van der Waals surface area contributed by atoms with E-state index in [1.165, 1.54) is 17.4 Å². The van der Waals surface area contributed by atoms with Gasteiger partial charge in [-0.15, -0.1) is 0 Å². The molecule has 8 heteroatoms.